The van der Waals surface area contributed by atoms with E-state index in [0.717, 1.165) is 59.2 Å². The van der Waals surface area contributed by atoms with Crippen molar-refractivity contribution in [1.29, 1.82) is 0 Å². The lowest BCUT2D eigenvalue weighted by Crippen LogP contribution is -2.50. The molecular formula is C43H51Br2F3O4S. The van der Waals surface area contributed by atoms with Gasteiger partial charge >= 0.3 is 15.6 Å². The third-order valence-corrected chi connectivity index (χ3v) is 14.5. The molecule has 4 aromatic rings. The van der Waals surface area contributed by atoms with Gasteiger partial charge in [-0.1, -0.05) is 112 Å². The summed E-state index contributed by atoms with van der Waals surface area (Å²) in [5.41, 5.74) is -3.59. The van der Waals surface area contributed by atoms with Gasteiger partial charge < -0.3 is 5.11 Å². The number of hydrogen-bond acceptors (Lipinski definition) is 3. The van der Waals surface area contributed by atoms with Gasteiger partial charge in [-0.05, 0) is 157 Å². The molecule has 8 aliphatic rings. The summed E-state index contributed by atoms with van der Waals surface area (Å²) >= 11 is 7.24. The predicted molar refractivity (Wildman–Crippen MR) is 215 cm³/mol. The highest BCUT2D eigenvalue weighted by atomic mass is 79.9. The van der Waals surface area contributed by atoms with Gasteiger partial charge in [0.1, 0.15) is 0 Å². The standard InChI is InChI=1S/C20H21Br.C10H7Br.C10H16O.C2H6.CHF3O3S/c21-19-6-5-18(16-3-1-2-4-17(16)19)20-10-13-7-14(11-20)9-15(8-13)12-20;11-10-7-3-5-8-4-1-2-6-9(8)10;11-10-4-7-1-8(5-10)3-9(2-7)6-10;1-2;2-1(3,4)8(5,6)7/h1-6,13-15H,7-12H2;1-7H;7-9,11H,1-6H2;1-2H3;(H,5,6,7). The van der Waals surface area contributed by atoms with Crippen molar-refractivity contribution < 1.29 is 31.2 Å². The molecule has 8 saturated carbocycles. The Bertz CT molecular complexity index is 1920. The van der Waals surface area contributed by atoms with Crippen molar-refractivity contribution in [2.45, 2.75) is 107 Å². The fourth-order valence-corrected chi connectivity index (χ4v) is 12.4. The Morgan fingerprint density at radius 3 is 1.40 bits per heavy atom. The summed E-state index contributed by atoms with van der Waals surface area (Å²) in [6.45, 7) is 4.00. The van der Waals surface area contributed by atoms with Crippen LogP contribution in [0.5, 0.6) is 0 Å². The van der Waals surface area contributed by atoms with E-state index in [1.165, 1.54) is 83.8 Å². The molecule has 4 nitrogen and oxygen atoms in total. The number of rotatable bonds is 1. The van der Waals surface area contributed by atoms with Crippen LogP contribution >= 0.6 is 31.9 Å². The molecule has 8 fully saturated rings. The third-order valence-electron chi connectivity index (χ3n) is 12.5. The smallest absolute Gasteiger partial charge is 0.390 e. The molecule has 12 rings (SSSR count). The number of halogens is 5. The van der Waals surface area contributed by atoms with Gasteiger partial charge in [-0.25, -0.2) is 0 Å². The lowest BCUT2D eigenvalue weighted by molar-refractivity contribution is -0.124. The Morgan fingerprint density at radius 1 is 0.585 bits per heavy atom. The fraction of sp³-hybridized carbons (Fsp3) is 0.535. The summed E-state index contributed by atoms with van der Waals surface area (Å²) in [5, 5.41) is 15.5. The van der Waals surface area contributed by atoms with Crippen LogP contribution in [-0.2, 0) is 15.5 Å². The molecule has 53 heavy (non-hydrogen) atoms. The largest absolute Gasteiger partial charge is 0.522 e. The summed E-state index contributed by atoms with van der Waals surface area (Å²) in [4.78, 5) is 0. The minimum atomic E-state index is -5.84. The van der Waals surface area contributed by atoms with E-state index in [2.05, 4.69) is 98.6 Å². The minimum Gasteiger partial charge on any atom is -0.390 e. The van der Waals surface area contributed by atoms with Crippen LogP contribution in [0, 0.1) is 35.5 Å². The maximum atomic E-state index is 10.7. The summed E-state index contributed by atoms with van der Waals surface area (Å²) in [7, 11) is -5.84. The Balaban J connectivity index is 0.000000129. The first-order valence-corrected chi connectivity index (χ1v) is 22.2. The monoisotopic (exact) mass is 878 g/mol. The lowest BCUT2D eigenvalue weighted by Gasteiger charge is -2.57. The molecule has 0 heterocycles. The van der Waals surface area contributed by atoms with Crippen LogP contribution in [0.25, 0.3) is 21.5 Å². The molecule has 2 N–H and O–H groups in total. The third kappa shape index (κ3) is 9.19. The van der Waals surface area contributed by atoms with Crippen molar-refractivity contribution in [2.24, 2.45) is 35.5 Å². The Morgan fingerprint density at radius 2 is 0.962 bits per heavy atom. The fourth-order valence-electron chi connectivity index (χ4n) is 11.4. The van der Waals surface area contributed by atoms with Crippen molar-refractivity contribution in [3.05, 3.63) is 93.4 Å². The SMILES string of the molecule is Brc1ccc(C23CC4CC(CC(C4)C2)C3)c2ccccc12.Brc1cccc2ccccc12.CC.O=S(=O)(O)C(F)(F)F.OC12CC3CC(CC(C3)C1)C2. The average molecular weight is 881 g/mol. The normalized spacial score (nSPS) is 31.6. The second kappa shape index (κ2) is 16.2. The minimum absolute atomic E-state index is 0.200. The zero-order valence-corrected chi connectivity index (χ0v) is 34.5. The second-order valence-corrected chi connectivity index (χ2v) is 19.5. The van der Waals surface area contributed by atoms with E-state index < -0.39 is 15.6 Å². The molecule has 10 heteroatoms. The zero-order chi connectivity index (χ0) is 38.2. The summed E-state index contributed by atoms with van der Waals surface area (Å²) in [5.74, 6) is 5.72. The zero-order valence-electron chi connectivity index (χ0n) is 30.5. The van der Waals surface area contributed by atoms with Crippen LogP contribution < -0.4 is 0 Å². The Labute approximate surface area is 329 Å². The number of benzene rings is 4. The molecule has 0 saturated heterocycles. The number of alkyl halides is 3. The quantitative estimate of drug-likeness (QED) is 0.148. The van der Waals surface area contributed by atoms with Gasteiger partial charge in [0.2, 0.25) is 0 Å². The molecule has 0 amide bonds. The molecule has 0 spiro atoms. The van der Waals surface area contributed by atoms with Crippen LogP contribution in [0.4, 0.5) is 13.2 Å². The predicted octanol–water partition coefficient (Wildman–Crippen LogP) is 13.0. The Hall–Kier alpha value is -1.98. The van der Waals surface area contributed by atoms with Crippen LogP contribution in [-0.4, -0.2) is 29.2 Å². The van der Waals surface area contributed by atoms with E-state index in [9.17, 15) is 18.3 Å². The van der Waals surface area contributed by atoms with Crippen LogP contribution in [0.1, 0.15) is 96.5 Å². The Kier molecular flexibility index (Phi) is 12.5. The number of fused-ring (bicyclic) bond motifs is 2. The van der Waals surface area contributed by atoms with E-state index in [1.54, 1.807) is 5.56 Å². The summed E-state index contributed by atoms with van der Waals surface area (Å²) < 4.78 is 59.9. The van der Waals surface area contributed by atoms with E-state index in [4.69, 9.17) is 13.0 Å². The molecule has 0 atom stereocenters. The van der Waals surface area contributed by atoms with E-state index in [1.807, 2.05) is 26.0 Å². The van der Waals surface area contributed by atoms with E-state index >= 15 is 0 Å². The highest BCUT2D eigenvalue weighted by molar-refractivity contribution is 9.11. The van der Waals surface area contributed by atoms with Gasteiger partial charge in [0.25, 0.3) is 0 Å². The van der Waals surface area contributed by atoms with Gasteiger partial charge in [0.15, 0.2) is 0 Å². The van der Waals surface area contributed by atoms with Crippen molar-refractivity contribution in [3.63, 3.8) is 0 Å². The van der Waals surface area contributed by atoms with E-state index in [-0.39, 0.29) is 5.60 Å². The lowest BCUT2D eigenvalue weighted by atomic mass is 9.48. The topological polar surface area (TPSA) is 74.6 Å². The van der Waals surface area contributed by atoms with Crippen LogP contribution in [0.2, 0.25) is 0 Å². The number of aliphatic hydroxyl groups is 1. The molecule has 288 valence electrons. The van der Waals surface area contributed by atoms with Gasteiger partial charge in [-0.3, -0.25) is 4.55 Å². The van der Waals surface area contributed by atoms with Crippen molar-refractivity contribution in [3.8, 4) is 0 Å². The highest BCUT2D eigenvalue weighted by Gasteiger charge is 2.52. The number of hydrogen-bond donors (Lipinski definition) is 2. The van der Waals surface area contributed by atoms with Crippen molar-refractivity contribution >= 4 is 63.5 Å². The molecule has 0 radical (unpaired) electrons. The van der Waals surface area contributed by atoms with Gasteiger partial charge in [0.05, 0.1) is 5.60 Å². The first kappa shape index (κ1) is 40.7. The average Bonchev–Trinajstić information content (AvgIpc) is 3.08. The van der Waals surface area contributed by atoms with Crippen LogP contribution in [0.3, 0.4) is 0 Å². The molecule has 0 aromatic heterocycles. The summed E-state index contributed by atoms with van der Waals surface area (Å²) in [6, 6.07) is 28.2. The van der Waals surface area contributed by atoms with E-state index in [0.29, 0.717) is 5.41 Å². The van der Waals surface area contributed by atoms with Gasteiger partial charge in [-0.15, -0.1) is 0 Å². The summed E-state index contributed by atoms with van der Waals surface area (Å²) in [6.07, 6.45) is 16.6. The molecular weight excluding hydrogens is 829 g/mol. The first-order chi connectivity index (χ1) is 25.1. The molecule has 0 unspecified atom stereocenters. The first-order valence-electron chi connectivity index (χ1n) is 19.2. The van der Waals surface area contributed by atoms with Crippen LogP contribution in [0.15, 0.2) is 87.8 Å². The molecule has 0 aliphatic heterocycles. The molecule has 8 bridgehead atoms. The molecule has 8 aliphatic carbocycles. The maximum absolute atomic E-state index is 10.7. The highest BCUT2D eigenvalue weighted by Crippen LogP contribution is 2.61. The van der Waals surface area contributed by atoms with Gasteiger partial charge in [-0.2, -0.15) is 21.6 Å². The van der Waals surface area contributed by atoms with Crippen molar-refractivity contribution in [1.82, 2.24) is 0 Å². The second-order valence-electron chi connectivity index (χ2n) is 16.4. The van der Waals surface area contributed by atoms with Crippen molar-refractivity contribution in [2.75, 3.05) is 0 Å². The van der Waals surface area contributed by atoms with Gasteiger partial charge in [0, 0.05) is 8.95 Å². The maximum Gasteiger partial charge on any atom is 0.522 e. The molecule has 4 aromatic carbocycles.